The number of hydrogen-bond donors (Lipinski definition) is 2. The van der Waals surface area contributed by atoms with Gasteiger partial charge in [-0.3, -0.25) is 9.52 Å². The molecule has 0 bridgehead atoms. The van der Waals surface area contributed by atoms with Crippen LogP contribution in [-0.4, -0.2) is 26.5 Å². The van der Waals surface area contributed by atoms with Gasteiger partial charge >= 0.3 is 5.97 Å². The van der Waals surface area contributed by atoms with Crippen molar-refractivity contribution in [2.75, 3.05) is 4.72 Å². The van der Waals surface area contributed by atoms with Gasteiger partial charge in [0.05, 0.1) is 32.9 Å². The lowest BCUT2D eigenvalue weighted by atomic mass is 10.0. The number of fused-ring (bicyclic) bond motifs is 1. The molecule has 0 spiro atoms. The summed E-state index contributed by atoms with van der Waals surface area (Å²) in [4.78, 5) is 26.0. The Kier molecular flexibility index (Phi) is 8.98. The fourth-order valence-electron chi connectivity index (χ4n) is 4.11. The van der Waals surface area contributed by atoms with Crippen LogP contribution >= 0.6 is 34.8 Å². The number of carbonyl (C=O) groups excluding carboxylic acids is 2. The Morgan fingerprint density at radius 1 is 0.767 bits per heavy atom. The van der Waals surface area contributed by atoms with E-state index in [1.54, 1.807) is 24.3 Å². The Morgan fingerprint density at radius 2 is 1.47 bits per heavy atom. The predicted octanol–water partition coefficient (Wildman–Crippen LogP) is 7.58. The van der Waals surface area contributed by atoms with E-state index in [1.807, 2.05) is 24.3 Å². The number of amides is 1. The quantitative estimate of drug-likeness (QED) is 0.0776. The number of anilines is 1. The van der Waals surface area contributed by atoms with Crippen molar-refractivity contribution in [1.82, 2.24) is 5.43 Å². The van der Waals surface area contributed by atoms with Gasteiger partial charge in [0.15, 0.2) is 0 Å². The molecule has 2 N–H and O–H groups in total. The lowest BCUT2D eigenvalue weighted by Gasteiger charge is -2.12. The number of hydrogen-bond acceptors (Lipinski definition) is 6. The zero-order valence-corrected chi connectivity index (χ0v) is 25.0. The molecule has 0 atom stereocenters. The highest BCUT2D eigenvalue weighted by atomic mass is 35.5. The average molecular weight is 653 g/mol. The first kappa shape index (κ1) is 30.1. The van der Waals surface area contributed by atoms with E-state index < -0.39 is 21.9 Å². The Bertz CT molecular complexity index is 2000. The minimum atomic E-state index is -4.01. The molecule has 5 aromatic rings. The van der Waals surface area contributed by atoms with Crippen molar-refractivity contribution in [3.8, 4) is 5.75 Å². The molecule has 0 heterocycles. The SMILES string of the molecule is O=C(Oc1ccc2ccccc2c1C=NNC(=O)c1ccccc1NS(=O)(=O)c1ccc(Cl)cc1)c1ccc(Cl)cc1Cl. The monoisotopic (exact) mass is 651 g/mol. The van der Waals surface area contributed by atoms with Gasteiger partial charge in [-0.25, -0.2) is 18.6 Å². The molecule has 5 rings (SSSR count). The maximum Gasteiger partial charge on any atom is 0.345 e. The van der Waals surface area contributed by atoms with Gasteiger partial charge < -0.3 is 4.74 Å². The van der Waals surface area contributed by atoms with Crippen molar-refractivity contribution in [2.24, 2.45) is 5.10 Å². The van der Waals surface area contributed by atoms with Crippen LogP contribution in [0.25, 0.3) is 10.8 Å². The lowest BCUT2D eigenvalue weighted by Crippen LogP contribution is -2.21. The van der Waals surface area contributed by atoms with E-state index >= 15 is 0 Å². The van der Waals surface area contributed by atoms with Gasteiger partial charge in [-0.1, -0.05) is 77.3 Å². The molecule has 0 aliphatic heterocycles. The highest BCUT2D eigenvalue weighted by molar-refractivity contribution is 7.92. The molecule has 1 amide bonds. The fourth-order valence-corrected chi connectivity index (χ4v) is 5.80. The zero-order valence-electron chi connectivity index (χ0n) is 21.9. The van der Waals surface area contributed by atoms with E-state index in [-0.39, 0.29) is 32.5 Å². The number of carbonyl (C=O) groups is 2. The highest BCUT2D eigenvalue weighted by Crippen LogP contribution is 2.29. The van der Waals surface area contributed by atoms with Crippen molar-refractivity contribution in [3.63, 3.8) is 0 Å². The number of hydrazone groups is 1. The van der Waals surface area contributed by atoms with E-state index in [4.69, 9.17) is 39.5 Å². The maximum atomic E-state index is 13.1. The molecule has 0 unspecified atom stereocenters. The molecule has 0 fully saturated rings. The molecule has 8 nitrogen and oxygen atoms in total. The third-order valence-corrected chi connectivity index (χ3v) is 8.37. The average Bonchev–Trinajstić information content (AvgIpc) is 2.98. The number of nitrogens with one attached hydrogen (secondary N) is 2. The largest absolute Gasteiger partial charge is 0.422 e. The molecular formula is C31H20Cl3N3O5S. The van der Waals surface area contributed by atoms with Crippen LogP contribution in [-0.2, 0) is 10.0 Å². The Morgan fingerprint density at radius 3 is 2.23 bits per heavy atom. The molecule has 0 radical (unpaired) electrons. The van der Waals surface area contributed by atoms with Gasteiger partial charge in [0.25, 0.3) is 15.9 Å². The molecule has 5 aromatic carbocycles. The molecule has 0 aliphatic carbocycles. The summed E-state index contributed by atoms with van der Waals surface area (Å²) in [6.45, 7) is 0. The van der Waals surface area contributed by atoms with Crippen LogP contribution in [0.1, 0.15) is 26.3 Å². The first-order chi connectivity index (χ1) is 20.6. The molecule has 0 aliphatic rings. The van der Waals surface area contributed by atoms with Crippen LogP contribution in [0.15, 0.2) is 113 Å². The van der Waals surface area contributed by atoms with Gasteiger partial charge in [0.1, 0.15) is 5.75 Å². The van der Waals surface area contributed by atoms with Gasteiger partial charge in [-0.15, -0.1) is 0 Å². The second-order valence-electron chi connectivity index (χ2n) is 9.02. The summed E-state index contributed by atoms with van der Waals surface area (Å²) in [6.07, 6.45) is 1.34. The molecule has 216 valence electrons. The van der Waals surface area contributed by atoms with Crippen LogP contribution in [0.2, 0.25) is 15.1 Å². The van der Waals surface area contributed by atoms with Gasteiger partial charge in [0.2, 0.25) is 0 Å². The zero-order chi connectivity index (χ0) is 30.6. The normalized spacial score (nSPS) is 11.4. The first-order valence-corrected chi connectivity index (χ1v) is 15.1. The third kappa shape index (κ3) is 6.98. The van der Waals surface area contributed by atoms with E-state index in [2.05, 4.69) is 15.2 Å². The topological polar surface area (TPSA) is 114 Å². The fraction of sp³-hybridized carbons (Fsp3) is 0. The number of sulfonamides is 1. The number of benzene rings is 5. The molecule has 12 heteroatoms. The van der Waals surface area contributed by atoms with E-state index in [9.17, 15) is 18.0 Å². The second-order valence-corrected chi connectivity index (χ2v) is 12.0. The predicted molar refractivity (Wildman–Crippen MR) is 169 cm³/mol. The summed E-state index contributed by atoms with van der Waals surface area (Å²) < 4.78 is 33.9. The second kappa shape index (κ2) is 12.8. The number of esters is 1. The van der Waals surface area contributed by atoms with Crippen molar-refractivity contribution in [1.29, 1.82) is 0 Å². The summed E-state index contributed by atoms with van der Waals surface area (Å²) >= 11 is 18.0. The highest BCUT2D eigenvalue weighted by Gasteiger charge is 2.19. The Balaban J connectivity index is 1.40. The van der Waals surface area contributed by atoms with E-state index in [1.165, 1.54) is 60.8 Å². The van der Waals surface area contributed by atoms with Crippen LogP contribution in [0.5, 0.6) is 5.75 Å². The summed E-state index contributed by atoms with van der Waals surface area (Å²) in [5.41, 5.74) is 3.02. The van der Waals surface area contributed by atoms with Gasteiger partial charge in [-0.2, -0.15) is 5.10 Å². The number of ether oxygens (including phenoxy) is 1. The molecule has 0 aromatic heterocycles. The summed E-state index contributed by atoms with van der Waals surface area (Å²) in [5, 5.41) is 6.51. The van der Waals surface area contributed by atoms with Gasteiger partial charge in [0, 0.05) is 15.6 Å². The summed E-state index contributed by atoms with van der Waals surface area (Å²) in [6, 6.07) is 26.8. The number of nitrogens with zero attached hydrogens (tertiary/aromatic N) is 1. The minimum absolute atomic E-state index is 0.0250. The summed E-state index contributed by atoms with van der Waals surface area (Å²) in [5.74, 6) is -1.22. The van der Waals surface area contributed by atoms with Crippen molar-refractivity contribution >= 4 is 79.4 Å². The van der Waals surface area contributed by atoms with E-state index in [0.717, 1.165) is 5.39 Å². The first-order valence-electron chi connectivity index (χ1n) is 12.5. The number of rotatable bonds is 8. The number of halogens is 3. The Hall–Kier alpha value is -4.41. The Labute approximate surface area is 261 Å². The summed E-state index contributed by atoms with van der Waals surface area (Å²) in [7, 11) is -4.01. The molecule has 43 heavy (non-hydrogen) atoms. The third-order valence-electron chi connectivity index (χ3n) is 6.18. The smallest absolute Gasteiger partial charge is 0.345 e. The van der Waals surface area contributed by atoms with Crippen molar-refractivity contribution in [2.45, 2.75) is 4.90 Å². The van der Waals surface area contributed by atoms with Crippen molar-refractivity contribution in [3.05, 3.63) is 135 Å². The maximum absolute atomic E-state index is 13.1. The van der Waals surface area contributed by atoms with Crippen LogP contribution < -0.4 is 14.9 Å². The van der Waals surface area contributed by atoms with Crippen molar-refractivity contribution < 1.29 is 22.7 Å². The molecule has 0 saturated carbocycles. The standard InChI is InChI=1S/C31H20Cl3N3O5S/c32-20-10-13-22(14-11-20)43(40,41)37-28-8-4-3-7-25(28)30(38)36-35-18-26-23-6-2-1-5-19(23)9-16-29(26)42-31(39)24-15-12-21(33)17-27(24)34/h1-18,37H,(H,36,38). The minimum Gasteiger partial charge on any atom is -0.422 e. The number of para-hydroxylation sites is 1. The van der Waals surface area contributed by atoms with Crippen LogP contribution in [0.4, 0.5) is 5.69 Å². The van der Waals surface area contributed by atoms with Crippen LogP contribution in [0, 0.1) is 0 Å². The van der Waals surface area contributed by atoms with Gasteiger partial charge in [-0.05, 0) is 71.4 Å². The molecular weight excluding hydrogens is 633 g/mol. The van der Waals surface area contributed by atoms with E-state index in [0.29, 0.717) is 21.0 Å². The van der Waals surface area contributed by atoms with Crippen LogP contribution in [0.3, 0.4) is 0 Å². The lowest BCUT2D eigenvalue weighted by molar-refractivity contribution is 0.0734. The molecule has 0 saturated heterocycles.